The van der Waals surface area contributed by atoms with Crippen molar-refractivity contribution in [1.82, 2.24) is 24.9 Å². The number of hydrogen-bond acceptors (Lipinski definition) is 8. The van der Waals surface area contributed by atoms with E-state index in [-0.39, 0.29) is 11.9 Å². The molecule has 8 nitrogen and oxygen atoms in total. The molecule has 2 aliphatic heterocycles. The van der Waals surface area contributed by atoms with Crippen molar-refractivity contribution < 1.29 is 13.7 Å². The molecule has 10 heteroatoms. The molecular weight excluding hydrogens is 407 g/mol. The second-order valence-electron chi connectivity index (χ2n) is 7.53. The summed E-state index contributed by atoms with van der Waals surface area (Å²) in [4.78, 5) is 6.73. The molecule has 0 spiro atoms. The van der Waals surface area contributed by atoms with E-state index in [9.17, 15) is 4.39 Å². The molecule has 2 aromatic heterocycles. The Hall–Kier alpha value is -2.46. The number of nitrogens with zero attached hydrogens (tertiary/aromatic N) is 6. The average Bonchev–Trinajstić information content (AvgIpc) is 3.55. The second-order valence-corrected chi connectivity index (χ2v) is 8.47. The van der Waals surface area contributed by atoms with Gasteiger partial charge in [-0.3, -0.25) is 4.57 Å². The van der Waals surface area contributed by atoms with Gasteiger partial charge >= 0.3 is 0 Å². The van der Waals surface area contributed by atoms with Crippen molar-refractivity contribution in [2.45, 2.75) is 49.2 Å². The van der Waals surface area contributed by atoms with E-state index in [0.717, 1.165) is 50.2 Å². The molecular formula is C20H23FN6O2S. The van der Waals surface area contributed by atoms with Crippen LogP contribution >= 0.6 is 11.8 Å². The lowest BCUT2D eigenvalue weighted by molar-refractivity contribution is 0.0952. The van der Waals surface area contributed by atoms with Crippen LogP contribution in [0, 0.1) is 5.82 Å². The topological polar surface area (TPSA) is 82.1 Å². The Bertz CT molecular complexity index is 980. The number of ether oxygens (including phenoxy) is 1. The Morgan fingerprint density at radius 2 is 1.93 bits per heavy atom. The lowest BCUT2D eigenvalue weighted by atomic mass is 10.2. The van der Waals surface area contributed by atoms with Crippen molar-refractivity contribution in [3.05, 3.63) is 36.0 Å². The molecule has 0 aliphatic carbocycles. The van der Waals surface area contributed by atoms with E-state index in [1.807, 2.05) is 0 Å². The Balaban J connectivity index is 1.31. The second kappa shape index (κ2) is 8.73. The van der Waals surface area contributed by atoms with Crippen molar-refractivity contribution in [2.75, 3.05) is 24.6 Å². The van der Waals surface area contributed by atoms with Crippen LogP contribution in [0.4, 0.5) is 10.3 Å². The van der Waals surface area contributed by atoms with Gasteiger partial charge in [0.15, 0.2) is 5.16 Å². The Morgan fingerprint density at radius 1 is 1.10 bits per heavy atom. The normalized spacial score (nSPS) is 19.1. The van der Waals surface area contributed by atoms with Gasteiger partial charge in [0, 0.05) is 25.3 Å². The van der Waals surface area contributed by atoms with E-state index >= 15 is 0 Å². The largest absolute Gasteiger partial charge is 0.376 e. The highest BCUT2D eigenvalue weighted by Gasteiger charge is 2.25. The first kappa shape index (κ1) is 19.5. The Labute approximate surface area is 177 Å². The summed E-state index contributed by atoms with van der Waals surface area (Å²) in [6.07, 6.45) is 4.73. The minimum atomic E-state index is -0.294. The average molecular weight is 431 g/mol. The van der Waals surface area contributed by atoms with Crippen molar-refractivity contribution >= 4 is 17.7 Å². The SMILES string of the molecule is Fc1ccc(-c2noc(CSc3nnc(N4CCCC4)n3C[C@H]3CCCO3)n2)cc1. The molecule has 5 rings (SSSR count). The minimum absolute atomic E-state index is 0.204. The van der Waals surface area contributed by atoms with Crippen molar-refractivity contribution in [2.24, 2.45) is 0 Å². The molecule has 0 unspecified atom stereocenters. The fourth-order valence-electron chi connectivity index (χ4n) is 3.85. The number of hydrogen-bond donors (Lipinski definition) is 0. The molecule has 2 saturated heterocycles. The molecule has 30 heavy (non-hydrogen) atoms. The van der Waals surface area contributed by atoms with E-state index in [2.05, 4.69) is 29.8 Å². The molecule has 1 atom stereocenters. The van der Waals surface area contributed by atoms with Crippen LogP contribution in [0.1, 0.15) is 31.6 Å². The lowest BCUT2D eigenvalue weighted by Crippen LogP contribution is -2.25. The number of halogens is 1. The van der Waals surface area contributed by atoms with E-state index in [0.29, 0.717) is 23.0 Å². The summed E-state index contributed by atoms with van der Waals surface area (Å²) in [5.74, 6) is 2.05. The predicted molar refractivity (Wildman–Crippen MR) is 110 cm³/mol. The van der Waals surface area contributed by atoms with Crippen LogP contribution in [0.5, 0.6) is 0 Å². The van der Waals surface area contributed by atoms with Crippen LogP contribution in [-0.4, -0.2) is 50.7 Å². The smallest absolute Gasteiger partial charge is 0.237 e. The van der Waals surface area contributed by atoms with Crippen molar-refractivity contribution in [1.29, 1.82) is 0 Å². The summed E-state index contributed by atoms with van der Waals surface area (Å²) in [5, 5.41) is 13.8. The number of aromatic nitrogens is 5. The van der Waals surface area contributed by atoms with E-state index in [4.69, 9.17) is 9.26 Å². The standard InChI is InChI=1S/C20H23FN6O2S/c21-15-7-5-14(6-8-15)18-22-17(29-25-18)13-30-20-24-23-19(26-9-1-2-10-26)27(20)12-16-4-3-11-28-16/h5-8,16H,1-4,9-13H2/t16-/m1/s1. The first-order valence-corrected chi connectivity index (χ1v) is 11.3. The van der Waals surface area contributed by atoms with Crippen LogP contribution in [0.25, 0.3) is 11.4 Å². The molecule has 3 aromatic rings. The van der Waals surface area contributed by atoms with Gasteiger partial charge in [-0.25, -0.2) is 4.39 Å². The third-order valence-corrected chi connectivity index (χ3v) is 6.34. The summed E-state index contributed by atoms with van der Waals surface area (Å²) in [6, 6.07) is 6.04. The highest BCUT2D eigenvalue weighted by Crippen LogP contribution is 2.29. The van der Waals surface area contributed by atoms with E-state index < -0.39 is 0 Å². The van der Waals surface area contributed by atoms with Crippen LogP contribution in [0.3, 0.4) is 0 Å². The number of thioether (sulfide) groups is 1. The fourth-order valence-corrected chi connectivity index (χ4v) is 4.63. The predicted octanol–water partition coefficient (Wildman–Crippen LogP) is 3.54. The molecule has 0 saturated carbocycles. The molecule has 0 amide bonds. The first-order chi connectivity index (χ1) is 14.8. The summed E-state index contributed by atoms with van der Waals surface area (Å²) >= 11 is 1.52. The molecule has 2 aliphatic rings. The monoisotopic (exact) mass is 430 g/mol. The summed E-state index contributed by atoms with van der Waals surface area (Å²) < 4.78 is 26.5. The maximum absolute atomic E-state index is 13.1. The molecule has 0 radical (unpaired) electrons. The molecule has 2 fully saturated rings. The van der Waals surface area contributed by atoms with Gasteiger partial charge in [0.1, 0.15) is 5.82 Å². The van der Waals surface area contributed by atoms with Gasteiger partial charge in [0.2, 0.25) is 17.7 Å². The third kappa shape index (κ3) is 4.20. The zero-order valence-electron chi connectivity index (χ0n) is 16.5. The van der Waals surface area contributed by atoms with Crippen molar-refractivity contribution in [3.63, 3.8) is 0 Å². The molecule has 0 N–H and O–H groups in total. The van der Waals surface area contributed by atoms with Crippen molar-refractivity contribution in [3.8, 4) is 11.4 Å². The minimum Gasteiger partial charge on any atom is -0.376 e. The first-order valence-electron chi connectivity index (χ1n) is 10.3. The Kier molecular flexibility index (Phi) is 5.67. The maximum atomic E-state index is 13.1. The molecule has 1 aromatic carbocycles. The lowest BCUT2D eigenvalue weighted by Gasteiger charge is -2.20. The summed E-state index contributed by atoms with van der Waals surface area (Å²) in [5.41, 5.74) is 0.717. The summed E-state index contributed by atoms with van der Waals surface area (Å²) in [6.45, 7) is 3.60. The van der Waals surface area contributed by atoms with Gasteiger partial charge < -0.3 is 14.2 Å². The van der Waals surface area contributed by atoms with E-state index in [1.54, 1.807) is 12.1 Å². The third-order valence-electron chi connectivity index (χ3n) is 5.39. The molecule has 4 heterocycles. The fraction of sp³-hybridized carbons (Fsp3) is 0.500. The van der Waals surface area contributed by atoms with Gasteiger partial charge in [0.25, 0.3) is 0 Å². The zero-order chi connectivity index (χ0) is 20.3. The number of anilines is 1. The highest BCUT2D eigenvalue weighted by molar-refractivity contribution is 7.98. The maximum Gasteiger partial charge on any atom is 0.237 e. The van der Waals surface area contributed by atoms with Crippen LogP contribution < -0.4 is 4.90 Å². The van der Waals surface area contributed by atoms with Gasteiger partial charge in [-0.05, 0) is 49.9 Å². The van der Waals surface area contributed by atoms with E-state index in [1.165, 1.54) is 36.7 Å². The summed E-state index contributed by atoms with van der Waals surface area (Å²) in [7, 11) is 0. The van der Waals surface area contributed by atoms with Crippen LogP contribution in [-0.2, 0) is 17.0 Å². The van der Waals surface area contributed by atoms with Gasteiger partial charge in [0.05, 0.1) is 18.4 Å². The van der Waals surface area contributed by atoms with Crippen LogP contribution in [0.2, 0.25) is 0 Å². The zero-order valence-corrected chi connectivity index (χ0v) is 17.4. The Morgan fingerprint density at radius 3 is 2.70 bits per heavy atom. The van der Waals surface area contributed by atoms with Gasteiger partial charge in [-0.15, -0.1) is 10.2 Å². The van der Waals surface area contributed by atoms with Gasteiger partial charge in [-0.1, -0.05) is 16.9 Å². The number of benzene rings is 1. The van der Waals surface area contributed by atoms with Gasteiger partial charge in [-0.2, -0.15) is 4.98 Å². The molecule has 0 bridgehead atoms. The van der Waals surface area contributed by atoms with Crippen LogP contribution in [0.15, 0.2) is 33.9 Å². The number of rotatable bonds is 7. The highest BCUT2D eigenvalue weighted by atomic mass is 32.2. The quantitative estimate of drug-likeness (QED) is 0.527. The molecule has 158 valence electrons.